The Labute approximate surface area is 187 Å². The van der Waals surface area contributed by atoms with Crippen LogP contribution in [0.2, 0.25) is 0 Å². The Kier molecular flexibility index (Phi) is 6.47. The van der Waals surface area contributed by atoms with Crippen LogP contribution >= 0.6 is 11.3 Å². The number of carbonyl (C=O) groups is 2. The van der Waals surface area contributed by atoms with E-state index in [0.717, 1.165) is 29.7 Å². The summed E-state index contributed by atoms with van der Waals surface area (Å²) in [5, 5.41) is 4.94. The zero-order valence-electron chi connectivity index (χ0n) is 17.7. The molecule has 1 N–H and O–H groups in total. The number of hydrogen-bond donors (Lipinski definition) is 1. The average Bonchev–Trinajstić information content (AvgIpc) is 3.34. The summed E-state index contributed by atoms with van der Waals surface area (Å²) in [6.07, 6.45) is 4.14. The summed E-state index contributed by atoms with van der Waals surface area (Å²) >= 11 is 1.70. The topological polar surface area (TPSA) is 62.3 Å². The zero-order chi connectivity index (χ0) is 21.7. The number of rotatable bonds is 6. The normalized spacial score (nSPS) is 18.5. The van der Waals surface area contributed by atoms with Crippen molar-refractivity contribution in [3.63, 3.8) is 0 Å². The Morgan fingerprint density at radius 1 is 1.13 bits per heavy atom. The van der Waals surface area contributed by atoms with E-state index in [0.29, 0.717) is 19.5 Å². The van der Waals surface area contributed by atoms with E-state index in [1.54, 1.807) is 24.6 Å². The lowest BCUT2D eigenvalue weighted by atomic mass is 9.73. The predicted octanol–water partition coefficient (Wildman–Crippen LogP) is 3.95. The maximum atomic E-state index is 13.2. The number of nitrogens with one attached hydrogen (secondary N) is 1. The number of aromatic nitrogens is 1. The summed E-state index contributed by atoms with van der Waals surface area (Å²) in [5.74, 6) is 0.0297. The number of benzene rings is 1. The maximum absolute atomic E-state index is 13.2. The van der Waals surface area contributed by atoms with E-state index in [1.165, 1.54) is 4.88 Å². The van der Waals surface area contributed by atoms with Crippen molar-refractivity contribution in [1.82, 2.24) is 15.2 Å². The van der Waals surface area contributed by atoms with Crippen LogP contribution in [0.25, 0.3) is 10.4 Å². The lowest BCUT2D eigenvalue weighted by Gasteiger charge is -2.42. The Bertz CT molecular complexity index is 1040. The van der Waals surface area contributed by atoms with Crippen LogP contribution in [-0.2, 0) is 22.4 Å². The van der Waals surface area contributed by atoms with Crippen LogP contribution in [0, 0.1) is 5.41 Å². The van der Waals surface area contributed by atoms with Crippen molar-refractivity contribution >= 4 is 23.2 Å². The molecule has 1 aliphatic rings. The fraction of sp³-hybridized carbons (Fsp3) is 0.320. The molecule has 160 valence electrons. The molecule has 31 heavy (non-hydrogen) atoms. The van der Waals surface area contributed by atoms with E-state index in [-0.39, 0.29) is 18.2 Å². The van der Waals surface area contributed by atoms with Crippen LogP contribution in [0.4, 0.5) is 0 Å². The quantitative estimate of drug-likeness (QED) is 0.640. The molecule has 0 saturated carbocycles. The molecule has 0 unspecified atom stereocenters. The number of carbonyl (C=O) groups excluding carboxylic acids is 2. The van der Waals surface area contributed by atoms with Crippen LogP contribution in [0.5, 0.6) is 0 Å². The van der Waals surface area contributed by atoms with E-state index in [4.69, 9.17) is 0 Å². The van der Waals surface area contributed by atoms with Crippen molar-refractivity contribution in [2.75, 3.05) is 20.1 Å². The van der Waals surface area contributed by atoms with Gasteiger partial charge in [0, 0.05) is 36.9 Å². The standard InChI is InChI=1S/C25H27N3O2S/c1-26-24(30)25(17-19-8-2-3-10-21(19)22-11-6-15-31-22)12-7-14-28(18-25)23(29)16-20-9-4-5-13-27-20/h2-6,8-11,13,15H,7,12,14,16-18H2,1H3,(H,26,30)/t25-/m1/s1. The number of thiophene rings is 1. The third kappa shape index (κ3) is 4.69. The molecule has 0 radical (unpaired) electrons. The zero-order valence-corrected chi connectivity index (χ0v) is 18.5. The number of pyridine rings is 1. The van der Waals surface area contributed by atoms with Gasteiger partial charge in [0.2, 0.25) is 11.8 Å². The Balaban J connectivity index is 1.60. The lowest BCUT2D eigenvalue weighted by Crippen LogP contribution is -2.54. The number of amides is 2. The minimum Gasteiger partial charge on any atom is -0.359 e. The van der Waals surface area contributed by atoms with Gasteiger partial charge in [-0.05, 0) is 54.0 Å². The van der Waals surface area contributed by atoms with Crippen molar-refractivity contribution < 1.29 is 9.59 Å². The third-order valence-corrected chi connectivity index (χ3v) is 6.93. The number of hydrogen-bond acceptors (Lipinski definition) is 4. The van der Waals surface area contributed by atoms with Gasteiger partial charge in [-0.15, -0.1) is 11.3 Å². The fourth-order valence-corrected chi connectivity index (χ4v) is 5.29. The minimum atomic E-state index is -0.639. The van der Waals surface area contributed by atoms with Crippen LogP contribution in [0.3, 0.4) is 0 Å². The van der Waals surface area contributed by atoms with E-state index >= 15 is 0 Å². The molecule has 6 heteroatoms. The monoisotopic (exact) mass is 433 g/mol. The summed E-state index contributed by atoms with van der Waals surface area (Å²) in [7, 11) is 1.68. The third-order valence-electron chi connectivity index (χ3n) is 6.03. The SMILES string of the molecule is CNC(=O)[C@@]1(Cc2ccccc2-c2cccs2)CCCN(C(=O)Cc2ccccn2)C1. The summed E-state index contributed by atoms with van der Waals surface area (Å²) in [6.45, 7) is 1.11. The molecule has 2 aromatic heterocycles. The van der Waals surface area contributed by atoms with Crippen molar-refractivity contribution in [2.24, 2.45) is 5.41 Å². The Morgan fingerprint density at radius 2 is 1.97 bits per heavy atom. The first-order valence-electron chi connectivity index (χ1n) is 10.6. The summed E-state index contributed by atoms with van der Waals surface area (Å²) in [4.78, 5) is 33.5. The molecular weight excluding hydrogens is 406 g/mol. The average molecular weight is 434 g/mol. The van der Waals surface area contributed by atoms with E-state index in [1.807, 2.05) is 41.3 Å². The first-order valence-corrected chi connectivity index (χ1v) is 11.5. The highest BCUT2D eigenvalue weighted by atomic mass is 32.1. The molecule has 2 amide bonds. The van der Waals surface area contributed by atoms with Gasteiger partial charge in [-0.2, -0.15) is 0 Å². The molecule has 1 atom stereocenters. The highest BCUT2D eigenvalue weighted by molar-refractivity contribution is 7.13. The van der Waals surface area contributed by atoms with Gasteiger partial charge in [-0.25, -0.2) is 0 Å². The van der Waals surface area contributed by atoms with Gasteiger partial charge in [0.1, 0.15) is 0 Å². The molecule has 0 aliphatic carbocycles. The predicted molar refractivity (Wildman–Crippen MR) is 124 cm³/mol. The number of nitrogens with zero attached hydrogens (tertiary/aromatic N) is 2. The van der Waals surface area contributed by atoms with Gasteiger partial charge in [0.15, 0.2) is 0 Å². The minimum absolute atomic E-state index is 0.00354. The molecule has 1 aromatic carbocycles. The van der Waals surface area contributed by atoms with Crippen molar-refractivity contribution in [2.45, 2.75) is 25.7 Å². The van der Waals surface area contributed by atoms with Crippen LogP contribution in [-0.4, -0.2) is 41.8 Å². The van der Waals surface area contributed by atoms with E-state index in [2.05, 4.69) is 33.9 Å². The van der Waals surface area contributed by atoms with Crippen LogP contribution < -0.4 is 5.32 Å². The van der Waals surface area contributed by atoms with Crippen LogP contribution in [0.1, 0.15) is 24.1 Å². The summed E-state index contributed by atoms with van der Waals surface area (Å²) < 4.78 is 0. The molecule has 0 bridgehead atoms. The molecule has 5 nitrogen and oxygen atoms in total. The summed E-state index contributed by atoms with van der Waals surface area (Å²) in [6, 6.07) is 18.0. The highest BCUT2D eigenvalue weighted by Crippen LogP contribution is 2.38. The van der Waals surface area contributed by atoms with E-state index in [9.17, 15) is 9.59 Å². The first kappa shape index (κ1) is 21.2. The van der Waals surface area contributed by atoms with Gasteiger partial charge < -0.3 is 10.2 Å². The summed E-state index contributed by atoms with van der Waals surface area (Å²) in [5.41, 5.74) is 2.43. The van der Waals surface area contributed by atoms with Gasteiger partial charge >= 0.3 is 0 Å². The van der Waals surface area contributed by atoms with E-state index < -0.39 is 5.41 Å². The molecule has 1 fully saturated rings. The molecule has 1 aliphatic heterocycles. The highest BCUT2D eigenvalue weighted by Gasteiger charge is 2.43. The second-order valence-corrected chi connectivity index (χ2v) is 9.04. The number of likely N-dealkylation sites (tertiary alicyclic amines) is 1. The fourth-order valence-electron chi connectivity index (χ4n) is 4.50. The number of piperidine rings is 1. The van der Waals surface area contributed by atoms with Crippen molar-refractivity contribution in [1.29, 1.82) is 0 Å². The largest absolute Gasteiger partial charge is 0.359 e. The van der Waals surface area contributed by atoms with Crippen LogP contribution in [0.15, 0.2) is 66.2 Å². The van der Waals surface area contributed by atoms with Gasteiger partial charge in [0.05, 0.1) is 11.8 Å². The van der Waals surface area contributed by atoms with Crippen molar-refractivity contribution in [3.05, 3.63) is 77.4 Å². The second kappa shape index (κ2) is 9.43. The maximum Gasteiger partial charge on any atom is 0.228 e. The van der Waals surface area contributed by atoms with Crippen molar-refractivity contribution in [3.8, 4) is 10.4 Å². The molecule has 0 spiro atoms. The lowest BCUT2D eigenvalue weighted by molar-refractivity contribution is -0.141. The molecule has 3 aromatic rings. The molecule has 4 rings (SSSR count). The Morgan fingerprint density at radius 3 is 2.71 bits per heavy atom. The smallest absolute Gasteiger partial charge is 0.228 e. The first-order chi connectivity index (χ1) is 15.1. The van der Waals surface area contributed by atoms with Gasteiger partial charge in [-0.1, -0.05) is 36.4 Å². The molecule has 3 heterocycles. The van der Waals surface area contributed by atoms with Gasteiger partial charge in [-0.3, -0.25) is 14.6 Å². The Hall–Kier alpha value is -2.99. The molecular formula is C25H27N3O2S. The van der Waals surface area contributed by atoms with Gasteiger partial charge in [0.25, 0.3) is 0 Å². The second-order valence-electron chi connectivity index (χ2n) is 8.09. The molecule has 1 saturated heterocycles.